The van der Waals surface area contributed by atoms with Gasteiger partial charge in [-0.2, -0.15) is 0 Å². The standard InChI is InChI=1S/C15H19N5O2/c1-10(11-4-6-12(21-2)7-5-11)20-15-13(8-19-22-3)14(16)17-9-18-15/h4-10H,1-3H3,(H3,16,17,18,20)/t10-/m0/s1. The quantitative estimate of drug-likeness (QED) is 0.627. The number of nitrogen functional groups attached to an aromatic ring is 1. The molecule has 116 valence electrons. The molecule has 1 aromatic heterocycles. The Morgan fingerprint density at radius 2 is 1.95 bits per heavy atom. The van der Waals surface area contributed by atoms with Gasteiger partial charge >= 0.3 is 0 Å². The van der Waals surface area contributed by atoms with Crippen LogP contribution < -0.4 is 15.8 Å². The Balaban J connectivity index is 2.21. The first-order valence-corrected chi connectivity index (χ1v) is 6.73. The smallest absolute Gasteiger partial charge is 0.141 e. The summed E-state index contributed by atoms with van der Waals surface area (Å²) in [5.74, 6) is 1.74. The second kappa shape index (κ2) is 7.26. The summed E-state index contributed by atoms with van der Waals surface area (Å²) in [4.78, 5) is 12.9. The van der Waals surface area contributed by atoms with Crippen molar-refractivity contribution >= 4 is 17.9 Å². The number of nitrogens with one attached hydrogen (secondary N) is 1. The lowest BCUT2D eigenvalue weighted by atomic mass is 10.1. The Bertz CT molecular complexity index is 643. The fraction of sp³-hybridized carbons (Fsp3) is 0.267. The maximum absolute atomic E-state index is 5.86. The van der Waals surface area contributed by atoms with E-state index >= 15 is 0 Å². The van der Waals surface area contributed by atoms with Crippen molar-refractivity contribution in [3.63, 3.8) is 0 Å². The highest BCUT2D eigenvalue weighted by Gasteiger charge is 2.12. The Morgan fingerprint density at radius 3 is 2.59 bits per heavy atom. The molecule has 0 bridgehead atoms. The molecule has 0 spiro atoms. The summed E-state index contributed by atoms with van der Waals surface area (Å²) in [7, 11) is 3.10. The molecular weight excluding hydrogens is 282 g/mol. The molecule has 0 fully saturated rings. The van der Waals surface area contributed by atoms with E-state index in [0.29, 0.717) is 17.2 Å². The third kappa shape index (κ3) is 3.63. The molecule has 1 aromatic carbocycles. The summed E-state index contributed by atoms with van der Waals surface area (Å²) in [6.07, 6.45) is 2.89. The van der Waals surface area contributed by atoms with E-state index in [0.717, 1.165) is 11.3 Å². The first-order valence-electron chi connectivity index (χ1n) is 6.73. The molecule has 1 atom stereocenters. The molecule has 0 aliphatic heterocycles. The monoisotopic (exact) mass is 301 g/mol. The fourth-order valence-corrected chi connectivity index (χ4v) is 1.94. The lowest BCUT2D eigenvalue weighted by molar-refractivity contribution is 0.215. The second-order valence-corrected chi connectivity index (χ2v) is 4.58. The number of aromatic nitrogens is 2. The van der Waals surface area contributed by atoms with E-state index in [4.69, 9.17) is 10.5 Å². The molecule has 0 radical (unpaired) electrons. The summed E-state index contributed by atoms with van der Waals surface area (Å²) < 4.78 is 5.16. The van der Waals surface area contributed by atoms with Crippen molar-refractivity contribution in [3.8, 4) is 5.75 Å². The van der Waals surface area contributed by atoms with E-state index in [1.54, 1.807) is 7.11 Å². The molecule has 0 amide bonds. The zero-order valence-electron chi connectivity index (χ0n) is 12.8. The molecule has 2 rings (SSSR count). The van der Waals surface area contributed by atoms with Gasteiger partial charge in [-0.25, -0.2) is 9.97 Å². The highest BCUT2D eigenvalue weighted by molar-refractivity contribution is 5.91. The van der Waals surface area contributed by atoms with Gasteiger partial charge in [0, 0.05) is 6.04 Å². The van der Waals surface area contributed by atoms with Crippen LogP contribution in [-0.4, -0.2) is 30.4 Å². The van der Waals surface area contributed by atoms with Gasteiger partial charge in [0.15, 0.2) is 0 Å². The predicted molar refractivity (Wildman–Crippen MR) is 86.1 cm³/mol. The molecule has 7 nitrogen and oxygen atoms in total. The molecule has 0 unspecified atom stereocenters. The third-order valence-corrected chi connectivity index (χ3v) is 3.17. The molecule has 7 heteroatoms. The molecule has 1 heterocycles. The SMILES string of the molecule is CON=Cc1c(N)ncnc1N[C@@H](C)c1ccc(OC)cc1. The highest BCUT2D eigenvalue weighted by atomic mass is 16.6. The zero-order chi connectivity index (χ0) is 15.9. The van der Waals surface area contributed by atoms with E-state index in [2.05, 4.69) is 25.3 Å². The van der Waals surface area contributed by atoms with Gasteiger partial charge in [0.25, 0.3) is 0 Å². The summed E-state index contributed by atoms with van der Waals surface area (Å²) in [6.45, 7) is 2.03. The van der Waals surface area contributed by atoms with Gasteiger partial charge in [-0.3, -0.25) is 0 Å². The fourth-order valence-electron chi connectivity index (χ4n) is 1.94. The normalized spacial score (nSPS) is 12.1. The van der Waals surface area contributed by atoms with Crippen molar-refractivity contribution in [2.45, 2.75) is 13.0 Å². The average molecular weight is 301 g/mol. The van der Waals surface area contributed by atoms with Crippen LogP contribution in [0.2, 0.25) is 0 Å². The minimum atomic E-state index is 0.0231. The Hall–Kier alpha value is -2.83. The number of rotatable bonds is 6. The van der Waals surface area contributed by atoms with Crippen LogP contribution in [0, 0.1) is 0 Å². The maximum Gasteiger partial charge on any atom is 0.141 e. The van der Waals surface area contributed by atoms with Crippen molar-refractivity contribution in [3.05, 3.63) is 41.7 Å². The van der Waals surface area contributed by atoms with E-state index in [1.807, 2.05) is 31.2 Å². The van der Waals surface area contributed by atoms with E-state index in [-0.39, 0.29) is 6.04 Å². The summed E-state index contributed by atoms with van der Waals surface area (Å²) in [6, 6.07) is 7.83. The van der Waals surface area contributed by atoms with Crippen LogP contribution in [0.3, 0.4) is 0 Å². The number of oxime groups is 1. The molecule has 3 N–H and O–H groups in total. The molecular formula is C15H19N5O2. The Labute approximate surface area is 129 Å². The summed E-state index contributed by atoms with van der Waals surface area (Å²) in [5.41, 5.74) is 7.54. The van der Waals surface area contributed by atoms with Crippen LogP contribution in [0.5, 0.6) is 5.75 Å². The largest absolute Gasteiger partial charge is 0.497 e. The number of ether oxygens (including phenoxy) is 1. The third-order valence-electron chi connectivity index (χ3n) is 3.17. The predicted octanol–water partition coefficient (Wildman–Crippen LogP) is 2.22. The Kier molecular flexibility index (Phi) is 5.13. The number of hydrogen-bond acceptors (Lipinski definition) is 7. The number of nitrogens with zero attached hydrogens (tertiary/aromatic N) is 3. The summed E-state index contributed by atoms with van der Waals surface area (Å²) >= 11 is 0. The topological polar surface area (TPSA) is 94.7 Å². The van der Waals surface area contributed by atoms with Crippen molar-refractivity contribution in [1.29, 1.82) is 0 Å². The van der Waals surface area contributed by atoms with Crippen LogP contribution in [0.15, 0.2) is 35.7 Å². The average Bonchev–Trinajstić information content (AvgIpc) is 2.54. The highest BCUT2D eigenvalue weighted by Crippen LogP contribution is 2.23. The minimum Gasteiger partial charge on any atom is -0.497 e. The van der Waals surface area contributed by atoms with Gasteiger partial charge in [0.05, 0.1) is 18.9 Å². The molecule has 2 aromatic rings. The van der Waals surface area contributed by atoms with Crippen LogP contribution in [0.25, 0.3) is 0 Å². The van der Waals surface area contributed by atoms with Gasteiger partial charge in [-0.05, 0) is 24.6 Å². The molecule has 0 aliphatic carbocycles. The number of nitrogens with two attached hydrogens (primary N) is 1. The minimum absolute atomic E-state index is 0.0231. The summed E-state index contributed by atoms with van der Waals surface area (Å²) in [5, 5.41) is 7.02. The molecule has 0 aliphatic rings. The number of anilines is 2. The van der Waals surface area contributed by atoms with Crippen LogP contribution >= 0.6 is 0 Å². The molecule has 0 saturated heterocycles. The number of hydrogen-bond donors (Lipinski definition) is 2. The Morgan fingerprint density at radius 1 is 1.23 bits per heavy atom. The first-order chi connectivity index (χ1) is 10.7. The maximum atomic E-state index is 5.86. The van der Waals surface area contributed by atoms with Crippen molar-refractivity contribution < 1.29 is 9.57 Å². The van der Waals surface area contributed by atoms with Gasteiger partial charge in [-0.15, -0.1) is 0 Å². The van der Waals surface area contributed by atoms with Crippen molar-refractivity contribution in [1.82, 2.24) is 9.97 Å². The van der Waals surface area contributed by atoms with E-state index < -0.39 is 0 Å². The van der Waals surface area contributed by atoms with Crippen molar-refractivity contribution in [2.24, 2.45) is 5.16 Å². The van der Waals surface area contributed by atoms with Crippen LogP contribution in [0.1, 0.15) is 24.1 Å². The van der Waals surface area contributed by atoms with Gasteiger partial charge < -0.3 is 20.6 Å². The van der Waals surface area contributed by atoms with Crippen molar-refractivity contribution in [2.75, 3.05) is 25.3 Å². The van der Waals surface area contributed by atoms with Crippen LogP contribution in [0.4, 0.5) is 11.6 Å². The molecule has 0 saturated carbocycles. The first kappa shape index (κ1) is 15.6. The van der Waals surface area contributed by atoms with E-state index in [1.165, 1.54) is 19.7 Å². The second-order valence-electron chi connectivity index (χ2n) is 4.58. The van der Waals surface area contributed by atoms with Gasteiger partial charge in [0.2, 0.25) is 0 Å². The van der Waals surface area contributed by atoms with Gasteiger partial charge in [-0.1, -0.05) is 17.3 Å². The van der Waals surface area contributed by atoms with E-state index in [9.17, 15) is 0 Å². The number of benzene rings is 1. The van der Waals surface area contributed by atoms with Gasteiger partial charge in [0.1, 0.15) is 30.8 Å². The lowest BCUT2D eigenvalue weighted by Gasteiger charge is -2.17. The van der Waals surface area contributed by atoms with Crippen LogP contribution in [-0.2, 0) is 4.84 Å². The zero-order valence-corrected chi connectivity index (χ0v) is 12.8. The number of methoxy groups -OCH3 is 1. The molecule has 22 heavy (non-hydrogen) atoms. The lowest BCUT2D eigenvalue weighted by Crippen LogP contribution is -2.12.